The molecule has 0 aromatic heterocycles. The summed E-state index contributed by atoms with van der Waals surface area (Å²) < 4.78 is 0. The molecule has 1 saturated carbocycles. The number of carbonyl (C=O) groups is 2. The molecule has 1 atom stereocenters. The summed E-state index contributed by atoms with van der Waals surface area (Å²) >= 11 is 0. The van der Waals surface area contributed by atoms with Gasteiger partial charge in [-0.05, 0) is 63.1 Å². The molecule has 0 bridgehead atoms. The van der Waals surface area contributed by atoms with Gasteiger partial charge in [0, 0.05) is 0 Å². The first-order valence-corrected chi connectivity index (χ1v) is 8.41. The molecule has 1 saturated heterocycles. The number of aryl methyl sites for hydroxylation is 3. The predicted octanol–water partition coefficient (Wildman–Crippen LogP) is 2.71. The quantitative estimate of drug-likeness (QED) is 0.670. The van der Waals surface area contributed by atoms with Crippen molar-refractivity contribution in [3.8, 4) is 0 Å². The molecule has 5 nitrogen and oxygen atoms in total. The van der Waals surface area contributed by atoms with Gasteiger partial charge in [-0.25, -0.2) is 0 Å². The Kier molecular flexibility index (Phi) is 4.20. The van der Waals surface area contributed by atoms with E-state index >= 15 is 0 Å². The second-order valence-electron chi connectivity index (χ2n) is 7.02. The van der Waals surface area contributed by atoms with Gasteiger partial charge in [0.2, 0.25) is 5.91 Å². The van der Waals surface area contributed by atoms with Crippen molar-refractivity contribution in [2.45, 2.75) is 57.9 Å². The third-order valence-corrected chi connectivity index (χ3v) is 5.29. The van der Waals surface area contributed by atoms with Crippen molar-refractivity contribution in [3.63, 3.8) is 0 Å². The highest BCUT2D eigenvalue weighted by atomic mass is 16.6. The van der Waals surface area contributed by atoms with Crippen LogP contribution in [0.25, 0.3) is 0 Å². The Bertz CT molecular complexity index is 703. The normalized spacial score (nSPS) is 26.7. The van der Waals surface area contributed by atoms with E-state index in [1.54, 1.807) is 0 Å². The molecule has 2 aliphatic rings. The molecule has 128 valence electrons. The number of hydrogen-bond donors (Lipinski definition) is 1. The zero-order valence-corrected chi connectivity index (χ0v) is 14.7. The minimum absolute atomic E-state index is 0.0130. The van der Waals surface area contributed by atoms with E-state index in [1.165, 1.54) is 7.11 Å². The van der Waals surface area contributed by atoms with E-state index in [2.05, 4.69) is 10.5 Å². The number of ketones is 1. The third kappa shape index (κ3) is 2.62. The van der Waals surface area contributed by atoms with Gasteiger partial charge >= 0.3 is 0 Å². The summed E-state index contributed by atoms with van der Waals surface area (Å²) in [5, 5.41) is 7.01. The molecular formula is C19H24N2O3. The Balaban J connectivity index is 1.93. The number of nitrogens with zero attached hydrogens (tertiary/aromatic N) is 1. The zero-order chi connectivity index (χ0) is 17.5. The van der Waals surface area contributed by atoms with Gasteiger partial charge in [-0.1, -0.05) is 22.9 Å². The molecule has 1 aromatic carbocycles. The maximum absolute atomic E-state index is 13.2. The highest BCUT2D eigenvalue weighted by Crippen LogP contribution is 2.40. The van der Waals surface area contributed by atoms with Gasteiger partial charge in [-0.3, -0.25) is 9.59 Å². The third-order valence-electron chi connectivity index (χ3n) is 5.29. The molecule has 0 radical (unpaired) electrons. The van der Waals surface area contributed by atoms with Crippen LogP contribution in [0.2, 0.25) is 0 Å². The molecule has 5 heteroatoms. The van der Waals surface area contributed by atoms with Crippen LogP contribution >= 0.6 is 0 Å². The average Bonchev–Trinajstić information content (AvgIpc) is 2.74. The van der Waals surface area contributed by atoms with Gasteiger partial charge in [-0.15, -0.1) is 0 Å². The maximum Gasteiger partial charge on any atom is 0.235 e. The largest absolute Gasteiger partial charge is 0.399 e. The summed E-state index contributed by atoms with van der Waals surface area (Å²) in [4.78, 5) is 30.7. The first-order chi connectivity index (χ1) is 11.4. The van der Waals surface area contributed by atoms with Crippen LogP contribution in [0.3, 0.4) is 0 Å². The van der Waals surface area contributed by atoms with Crippen molar-refractivity contribution < 1.29 is 14.4 Å². The number of benzene rings is 1. The highest BCUT2D eigenvalue weighted by Gasteiger charge is 2.54. The number of carbonyl (C=O) groups excluding carboxylic acids is 2. The first-order valence-electron chi connectivity index (χ1n) is 8.41. The molecule has 1 unspecified atom stereocenters. The summed E-state index contributed by atoms with van der Waals surface area (Å²) in [5.41, 5.74) is 4.25. The Hall–Kier alpha value is -2.17. The van der Waals surface area contributed by atoms with Crippen LogP contribution in [0.15, 0.2) is 17.3 Å². The van der Waals surface area contributed by atoms with Crippen LogP contribution in [0, 0.1) is 20.8 Å². The van der Waals surface area contributed by atoms with Gasteiger partial charge in [-0.2, -0.15) is 0 Å². The van der Waals surface area contributed by atoms with E-state index in [0.29, 0.717) is 25.7 Å². The Morgan fingerprint density at radius 3 is 2.25 bits per heavy atom. The molecule has 2 fully saturated rings. The lowest BCUT2D eigenvalue weighted by molar-refractivity contribution is -0.125. The van der Waals surface area contributed by atoms with Gasteiger partial charge in [0.1, 0.15) is 18.6 Å². The standard InChI is InChI=1S/C19H24N2O3/c1-11-9-12(2)15(13(3)10-11)16-17(22)19(20-18(16)23)7-5-14(6-8-19)21-24-4/h9-10,16H,5-8H2,1-4H3,(H,20,23). The van der Waals surface area contributed by atoms with Gasteiger partial charge in [0.25, 0.3) is 0 Å². The molecule has 1 N–H and O–H groups in total. The zero-order valence-electron chi connectivity index (χ0n) is 14.7. The fourth-order valence-electron chi connectivity index (χ4n) is 4.23. The topological polar surface area (TPSA) is 67.8 Å². The first kappa shape index (κ1) is 16.7. The lowest BCUT2D eigenvalue weighted by Gasteiger charge is -2.32. The summed E-state index contributed by atoms with van der Waals surface area (Å²) in [7, 11) is 1.53. The van der Waals surface area contributed by atoms with E-state index in [1.807, 2.05) is 32.9 Å². The predicted molar refractivity (Wildman–Crippen MR) is 92.2 cm³/mol. The van der Waals surface area contributed by atoms with E-state index in [-0.39, 0.29) is 11.7 Å². The van der Waals surface area contributed by atoms with Crippen molar-refractivity contribution in [3.05, 3.63) is 34.4 Å². The molecular weight excluding hydrogens is 304 g/mol. The number of amides is 1. The van der Waals surface area contributed by atoms with Crippen LogP contribution in [-0.4, -0.2) is 30.1 Å². The van der Waals surface area contributed by atoms with Crippen molar-refractivity contribution in [1.82, 2.24) is 5.32 Å². The highest BCUT2D eigenvalue weighted by molar-refractivity contribution is 6.18. The van der Waals surface area contributed by atoms with E-state index < -0.39 is 11.5 Å². The number of hydrogen-bond acceptors (Lipinski definition) is 4. The smallest absolute Gasteiger partial charge is 0.235 e. The lowest BCUT2D eigenvalue weighted by atomic mass is 9.75. The molecule has 1 aromatic rings. The summed E-state index contributed by atoms with van der Waals surface area (Å²) in [6, 6.07) is 4.08. The van der Waals surface area contributed by atoms with Crippen LogP contribution in [0.1, 0.15) is 53.9 Å². The minimum atomic E-state index is -0.738. The van der Waals surface area contributed by atoms with Crippen molar-refractivity contribution in [2.75, 3.05) is 7.11 Å². The van der Waals surface area contributed by atoms with Gasteiger partial charge in [0.15, 0.2) is 5.78 Å². The Morgan fingerprint density at radius 2 is 1.71 bits per heavy atom. The lowest BCUT2D eigenvalue weighted by Crippen LogP contribution is -2.49. The molecule has 24 heavy (non-hydrogen) atoms. The molecule has 3 rings (SSSR count). The maximum atomic E-state index is 13.2. The minimum Gasteiger partial charge on any atom is -0.399 e. The molecule has 1 heterocycles. The molecule has 1 amide bonds. The fourth-order valence-corrected chi connectivity index (χ4v) is 4.23. The molecule has 1 aliphatic heterocycles. The summed E-state index contributed by atoms with van der Waals surface area (Å²) in [6.07, 6.45) is 2.55. The molecule has 1 spiro atoms. The summed E-state index contributed by atoms with van der Waals surface area (Å²) in [6.45, 7) is 5.98. The molecule has 1 aliphatic carbocycles. The van der Waals surface area contributed by atoms with Gasteiger partial charge in [0.05, 0.1) is 5.71 Å². The number of rotatable bonds is 2. The second kappa shape index (κ2) is 6.04. The SMILES string of the molecule is CON=C1CCC2(CC1)NC(=O)C(c1c(C)cc(C)cc1C)C2=O. The Labute approximate surface area is 142 Å². The van der Waals surface area contributed by atoms with Crippen LogP contribution in [0.5, 0.6) is 0 Å². The van der Waals surface area contributed by atoms with Crippen LogP contribution in [-0.2, 0) is 14.4 Å². The van der Waals surface area contributed by atoms with Crippen molar-refractivity contribution in [2.24, 2.45) is 5.16 Å². The van der Waals surface area contributed by atoms with Gasteiger partial charge < -0.3 is 10.2 Å². The van der Waals surface area contributed by atoms with Crippen molar-refractivity contribution >= 4 is 17.4 Å². The van der Waals surface area contributed by atoms with E-state index in [0.717, 1.165) is 28.0 Å². The van der Waals surface area contributed by atoms with Crippen LogP contribution < -0.4 is 5.32 Å². The number of oxime groups is 1. The summed E-state index contributed by atoms with van der Waals surface area (Å²) in [5.74, 6) is -0.840. The van der Waals surface area contributed by atoms with E-state index in [4.69, 9.17) is 4.84 Å². The van der Waals surface area contributed by atoms with E-state index in [9.17, 15) is 9.59 Å². The van der Waals surface area contributed by atoms with Crippen LogP contribution in [0.4, 0.5) is 0 Å². The fraction of sp³-hybridized carbons (Fsp3) is 0.526. The monoisotopic (exact) mass is 328 g/mol. The second-order valence-corrected chi connectivity index (χ2v) is 7.02. The average molecular weight is 328 g/mol. The van der Waals surface area contributed by atoms with Crippen molar-refractivity contribution in [1.29, 1.82) is 0 Å². The number of nitrogens with one attached hydrogen (secondary N) is 1. The number of Topliss-reactive ketones (excluding diaryl/α,β-unsaturated/α-hetero) is 1. The Morgan fingerprint density at radius 1 is 1.12 bits per heavy atom.